The van der Waals surface area contributed by atoms with E-state index in [1.807, 2.05) is 32.0 Å². The predicted octanol–water partition coefficient (Wildman–Crippen LogP) is 2.08. The number of nitrogens with one attached hydrogen (secondary N) is 1. The molecule has 1 aromatic rings. The fourth-order valence-electron chi connectivity index (χ4n) is 1.87. The summed E-state index contributed by atoms with van der Waals surface area (Å²) in [6, 6.07) is 6.05. The third kappa shape index (κ3) is 8.64. The standard InChI is InChI=1S/C16H26N2O2/c1-15(2)20-14-8-10-17-16(19)9-4-7-13-18-11-5-3-6-12-18/h3,5-6,11-12,15H,4,7-10,13-14H2,1-2H3/p+1. The van der Waals surface area contributed by atoms with Gasteiger partial charge in [-0.25, -0.2) is 4.57 Å². The number of carbonyl (C=O) groups excluding carboxylic acids is 1. The summed E-state index contributed by atoms with van der Waals surface area (Å²) < 4.78 is 7.56. The average molecular weight is 279 g/mol. The van der Waals surface area contributed by atoms with Crippen LogP contribution in [0, 0.1) is 0 Å². The molecular formula is C16H27N2O2+. The van der Waals surface area contributed by atoms with Crippen molar-refractivity contribution < 1.29 is 14.1 Å². The lowest BCUT2D eigenvalue weighted by molar-refractivity contribution is -0.697. The Labute approximate surface area is 122 Å². The van der Waals surface area contributed by atoms with Crippen molar-refractivity contribution >= 4 is 5.91 Å². The zero-order valence-electron chi connectivity index (χ0n) is 12.7. The van der Waals surface area contributed by atoms with Crippen LogP contribution < -0.4 is 9.88 Å². The van der Waals surface area contributed by atoms with Gasteiger partial charge < -0.3 is 10.1 Å². The van der Waals surface area contributed by atoms with Crippen molar-refractivity contribution in [3.05, 3.63) is 30.6 Å². The van der Waals surface area contributed by atoms with Crippen molar-refractivity contribution in [1.29, 1.82) is 0 Å². The summed E-state index contributed by atoms with van der Waals surface area (Å²) in [4.78, 5) is 11.6. The number of nitrogens with zero attached hydrogens (tertiary/aromatic N) is 1. The first-order valence-corrected chi connectivity index (χ1v) is 7.51. The summed E-state index contributed by atoms with van der Waals surface area (Å²) in [7, 11) is 0. The minimum Gasteiger partial charge on any atom is -0.379 e. The number of rotatable bonds is 10. The molecule has 4 heteroatoms. The first-order valence-electron chi connectivity index (χ1n) is 7.51. The lowest BCUT2D eigenvalue weighted by atomic mass is 10.2. The van der Waals surface area contributed by atoms with Crippen LogP contribution in [0.15, 0.2) is 30.6 Å². The molecule has 1 rings (SSSR count). The van der Waals surface area contributed by atoms with E-state index < -0.39 is 0 Å². The zero-order valence-corrected chi connectivity index (χ0v) is 12.7. The Kier molecular flexibility index (Phi) is 8.63. The van der Waals surface area contributed by atoms with E-state index in [2.05, 4.69) is 22.3 Å². The molecule has 112 valence electrons. The van der Waals surface area contributed by atoms with Gasteiger partial charge in [-0.15, -0.1) is 0 Å². The number of ether oxygens (including phenoxy) is 1. The summed E-state index contributed by atoms with van der Waals surface area (Å²) in [6.45, 7) is 6.42. The Bertz CT molecular complexity index is 366. The van der Waals surface area contributed by atoms with Gasteiger partial charge in [0.25, 0.3) is 0 Å². The number of carbonyl (C=O) groups is 1. The number of hydrogen-bond acceptors (Lipinski definition) is 2. The molecular weight excluding hydrogens is 252 g/mol. The smallest absolute Gasteiger partial charge is 0.219 e. The van der Waals surface area contributed by atoms with Gasteiger partial charge >= 0.3 is 0 Å². The molecule has 4 nitrogen and oxygen atoms in total. The number of hydrogen-bond donors (Lipinski definition) is 1. The molecule has 0 unspecified atom stereocenters. The molecule has 0 fully saturated rings. The molecule has 1 aromatic heterocycles. The molecule has 0 spiro atoms. The van der Waals surface area contributed by atoms with Crippen LogP contribution in [0.3, 0.4) is 0 Å². The van der Waals surface area contributed by atoms with Gasteiger partial charge in [0.1, 0.15) is 6.54 Å². The maximum atomic E-state index is 11.6. The Morgan fingerprint density at radius 1 is 1.15 bits per heavy atom. The average Bonchev–Trinajstić information content (AvgIpc) is 2.44. The minimum absolute atomic E-state index is 0.146. The molecule has 0 aliphatic heterocycles. The van der Waals surface area contributed by atoms with E-state index in [-0.39, 0.29) is 12.0 Å². The van der Waals surface area contributed by atoms with Crippen LogP contribution in [0.4, 0.5) is 0 Å². The van der Waals surface area contributed by atoms with Gasteiger partial charge in [-0.1, -0.05) is 6.07 Å². The number of pyridine rings is 1. The molecule has 0 bridgehead atoms. The lowest BCUT2D eigenvalue weighted by Gasteiger charge is -2.08. The molecule has 1 N–H and O–H groups in total. The second-order valence-corrected chi connectivity index (χ2v) is 5.19. The van der Waals surface area contributed by atoms with Gasteiger partial charge in [-0.2, -0.15) is 0 Å². The summed E-state index contributed by atoms with van der Waals surface area (Å²) in [5, 5.41) is 2.93. The fraction of sp³-hybridized carbons (Fsp3) is 0.625. The van der Waals surface area contributed by atoms with Crippen LogP contribution in [0.1, 0.15) is 39.5 Å². The topological polar surface area (TPSA) is 42.2 Å². The van der Waals surface area contributed by atoms with Crippen molar-refractivity contribution in [2.45, 2.75) is 52.2 Å². The van der Waals surface area contributed by atoms with E-state index in [1.165, 1.54) is 0 Å². The van der Waals surface area contributed by atoms with E-state index in [4.69, 9.17) is 4.74 Å². The van der Waals surface area contributed by atoms with Gasteiger partial charge in [0, 0.05) is 38.1 Å². The Morgan fingerprint density at radius 2 is 1.90 bits per heavy atom. The van der Waals surface area contributed by atoms with E-state index in [0.29, 0.717) is 19.6 Å². The zero-order chi connectivity index (χ0) is 14.6. The second-order valence-electron chi connectivity index (χ2n) is 5.19. The van der Waals surface area contributed by atoms with Crippen LogP contribution in [0.2, 0.25) is 0 Å². The molecule has 0 saturated carbocycles. The van der Waals surface area contributed by atoms with Crippen LogP contribution in [-0.2, 0) is 16.1 Å². The highest BCUT2D eigenvalue weighted by Crippen LogP contribution is 1.96. The number of amides is 1. The predicted molar refractivity (Wildman–Crippen MR) is 79.2 cm³/mol. The minimum atomic E-state index is 0.146. The highest BCUT2D eigenvalue weighted by atomic mass is 16.5. The molecule has 0 aliphatic carbocycles. The molecule has 20 heavy (non-hydrogen) atoms. The summed E-state index contributed by atoms with van der Waals surface area (Å²) >= 11 is 0. The molecule has 0 saturated heterocycles. The number of unbranched alkanes of at least 4 members (excludes halogenated alkanes) is 1. The van der Waals surface area contributed by atoms with Crippen LogP contribution in [0.5, 0.6) is 0 Å². The summed E-state index contributed by atoms with van der Waals surface area (Å²) in [5.74, 6) is 0.146. The van der Waals surface area contributed by atoms with Crippen molar-refractivity contribution in [2.75, 3.05) is 13.2 Å². The maximum absolute atomic E-state index is 11.6. The van der Waals surface area contributed by atoms with E-state index in [9.17, 15) is 4.79 Å². The Hall–Kier alpha value is -1.42. The van der Waals surface area contributed by atoms with E-state index in [0.717, 1.165) is 25.8 Å². The first kappa shape index (κ1) is 16.6. The van der Waals surface area contributed by atoms with Crippen LogP contribution >= 0.6 is 0 Å². The Morgan fingerprint density at radius 3 is 2.60 bits per heavy atom. The first-order chi connectivity index (χ1) is 9.68. The molecule has 0 radical (unpaired) electrons. The van der Waals surface area contributed by atoms with Gasteiger partial charge in [-0.3, -0.25) is 4.79 Å². The van der Waals surface area contributed by atoms with Gasteiger partial charge in [0.05, 0.1) is 6.10 Å². The third-order valence-corrected chi connectivity index (χ3v) is 2.94. The molecule has 0 atom stereocenters. The number of aryl methyl sites for hydroxylation is 1. The quantitative estimate of drug-likeness (QED) is 0.526. The SMILES string of the molecule is CC(C)OCCCNC(=O)CCCC[n+]1ccccc1. The fourth-order valence-corrected chi connectivity index (χ4v) is 1.87. The molecule has 1 heterocycles. The van der Waals surface area contributed by atoms with E-state index in [1.54, 1.807) is 0 Å². The molecule has 1 amide bonds. The summed E-state index contributed by atoms with van der Waals surface area (Å²) in [6.07, 6.45) is 7.81. The molecule has 0 aromatic carbocycles. The van der Waals surface area contributed by atoms with Gasteiger partial charge in [0.2, 0.25) is 5.91 Å². The lowest BCUT2D eigenvalue weighted by Crippen LogP contribution is -2.32. The highest BCUT2D eigenvalue weighted by molar-refractivity contribution is 5.75. The van der Waals surface area contributed by atoms with Crippen LogP contribution in [-0.4, -0.2) is 25.2 Å². The van der Waals surface area contributed by atoms with Crippen molar-refractivity contribution in [1.82, 2.24) is 5.32 Å². The number of aromatic nitrogens is 1. The summed E-state index contributed by atoms with van der Waals surface area (Å²) in [5.41, 5.74) is 0. The normalized spacial score (nSPS) is 10.8. The maximum Gasteiger partial charge on any atom is 0.219 e. The third-order valence-electron chi connectivity index (χ3n) is 2.94. The van der Waals surface area contributed by atoms with Crippen LogP contribution in [0.25, 0.3) is 0 Å². The molecule has 0 aliphatic rings. The van der Waals surface area contributed by atoms with Crippen molar-refractivity contribution in [3.63, 3.8) is 0 Å². The van der Waals surface area contributed by atoms with Crippen molar-refractivity contribution in [2.24, 2.45) is 0 Å². The van der Waals surface area contributed by atoms with Crippen molar-refractivity contribution in [3.8, 4) is 0 Å². The largest absolute Gasteiger partial charge is 0.379 e. The highest BCUT2D eigenvalue weighted by Gasteiger charge is 2.03. The van der Waals surface area contributed by atoms with Gasteiger partial charge in [0.15, 0.2) is 12.4 Å². The second kappa shape index (κ2) is 10.4. The Balaban J connectivity index is 1.95. The van der Waals surface area contributed by atoms with Gasteiger partial charge in [-0.05, 0) is 26.7 Å². The monoisotopic (exact) mass is 279 g/mol. The van der Waals surface area contributed by atoms with E-state index >= 15 is 0 Å².